The molecule has 1 aromatic carbocycles. The minimum absolute atomic E-state index is 0.367. The van der Waals surface area contributed by atoms with E-state index in [1.54, 1.807) is 16.8 Å². The van der Waals surface area contributed by atoms with Gasteiger partial charge in [0.2, 0.25) is 0 Å². The van der Waals surface area contributed by atoms with Crippen molar-refractivity contribution in [3.05, 3.63) is 54.5 Å². The molecule has 4 aromatic rings. The summed E-state index contributed by atoms with van der Waals surface area (Å²) in [5, 5.41) is 23.2. The fourth-order valence-corrected chi connectivity index (χ4v) is 5.13. The fraction of sp³-hybridized carbons (Fsp3) is 0.400. The van der Waals surface area contributed by atoms with E-state index >= 15 is 0 Å². The maximum absolute atomic E-state index is 10.7. The number of aromatic nitrogens is 4. The van der Waals surface area contributed by atoms with Gasteiger partial charge in [0.05, 0.1) is 17.0 Å². The van der Waals surface area contributed by atoms with Crippen LogP contribution in [0.4, 0.5) is 11.6 Å². The first-order valence-electron chi connectivity index (χ1n) is 11.8. The zero-order chi connectivity index (χ0) is 23.2. The molecule has 0 saturated carbocycles. The lowest BCUT2D eigenvalue weighted by atomic mass is 10.0. The van der Waals surface area contributed by atoms with Gasteiger partial charge in [-0.2, -0.15) is 0 Å². The van der Waals surface area contributed by atoms with Crippen LogP contribution in [-0.4, -0.2) is 61.1 Å². The van der Waals surface area contributed by atoms with E-state index in [4.69, 9.17) is 15.5 Å². The monoisotopic (exact) mass is 460 g/mol. The van der Waals surface area contributed by atoms with Crippen LogP contribution < -0.4 is 10.6 Å². The van der Waals surface area contributed by atoms with Crippen LogP contribution in [0.3, 0.4) is 0 Å². The van der Waals surface area contributed by atoms with E-state index in [-0.39, 0.29) is 0 Å². The lowest BCUT2D eigenvalue weighted by molar-refractivity contribution is -0.0364. The molecule has 5 heterocycles. The topological polar surface area (TPSA) is 123 Å². The van der Waals surface area contributed by atoms with Crippen LogP contribution in [0.2, 0.25) is 0 Å². The first kappa shape index (κ1) is 21.3. The Morgan fingerprint density at radius 3 is 2.71 bits per heavy atom. The van der Waals surface area contributed by atoms with Crippen molar-refractivity contribution in [3.8, 4) is 0 Å². The van der Waals surface area contributed by atoms with Crippen LogP contribution >= 0.6 is 0 Å². The number of hydrogen-bond donors (Lipinski definition) is 3. The molecule has 9 heteroatoms. The minimum Gasteiger partial charge on any atom is -0.388 e. The van der Waals surface area contributed by atoms with Crippen LogP contribution in [0.15, 0.2) is 48.9 Å². The molecule has 4 atom stereocenters. The van der Waals surface area contributed by atoms with E-state index in [0.29, 0.717) is 29.7 Å². The number of anilines is 2. The number of aliphatic hydroxyl groups is 2. The molecule has 2 fully saturated rings. The molecule has 0 bridgehead atoms. The number of nitrogens with two attached hydrogens (primary N) is 1. The summed E-state index contributed by atoms with van der Waals surface area (Å²) in [6.45, 7) is 2.13. The average Bonchev–Trinajstić information content (AvgIpc) is 3.59. The number of ether oxygens (including phenoxy) is 1. The summed E-state index contributed by atoms with van der Waals surface area (Å²) in [7, 11) is 0. The summed E-state index contributed by atoms with van der Waals surface area (Å²) < 4.78 is 7.82. The summed E-state index contributed by atoms with van der Waals surface area (Å²) in [5.74, 6) is 1.40. The van der Waals surface area contributed by atoms with Crippen LogP contribution in [0, 0.1) is 0 Å². The Morgan fingerprint density at radius 2 is 1.85 bits per heavy atom. The van der Waals surface area contributed by atoms with Gasteiger partial charge >= 0.3 is 0 Å². The Morgan fingerprint density at radius 1 is 1.03 bits per heavy atom. The Bertz CT molecular complexity index is 1330. The summed E-state index contributed by atoms with van der Waals surface area (Å²) in [6.07, 6.45) is 3.53. The van der Waals surface area contributed by atoms with Gasteiger partial charge in [-0.25, -0.2) is 15.0 Å². The molecule has 2 aliphatic rings. The number of nitrogen functional groups attached to an aromatic ring is 1. The predicted octanol–water partition coefficient (Wildman–Crippen LogP) is 2.41. The second-order valence-electron chi connectivity index (χ2n) is 9.19. The molecule has 2 aliphatic heterocycles. The van der Waals surface area contributed by atoms with Gasteiger partial charge in [-0.05, 0) is 55.5 Å². The van der Waals surface area contributed by atoms with E-state index in [1.165, 1.54) is 19.2 Å². The van der Waals surface area contributed by atoms with Crippen LogP contribution in [0.1, 0.15) is 31.1 Å². The third-order valence-electron chi connectivity index (χ3n) is 7.04. The van der Waals surface area contributed by atoms with Crippen LogP contribution in [0.25, 0.3) is 21.9 Å². The van der Waals surface area contributed by atoms with Crippen molar-refractivity contribution in [1.82, 2.24) is 19.5 Å². The largest absolute Gasteiger partial charge is 0.388 e. The summed E-state index contributed by atoms with van der Waals surface area (Å²) in [5.41, 5.74) is 8.60. The molecule has 176 valence electrons. The molecule has 0 unspecified atom stereocenters. The van der Waals surface area contributed by atoms with E-state index < -0.39 is 24.5 Å². The minimum atomic E-state index is -1.07. The van der Waals surface area contributed by atoms with Crippen molar-refractivity contribution in [2.75, 3.05) is 23.7 Å². The number of benzene rings is 1. The number of aryl methyl sites for hydroxylation is 1. The normalized spacial score (nSPS) is 25.1. The van der Waals surface area contributed by atoms with Gasteiger partial charge in [-0.15, -0.1) is 0 Å². The molecule has 9 nitrogen and oxygen atoms in total. The molecule has 34 heavy (non-hydrogen) atoms. The quantitative estimate of drug-likeness (QED) is 0.415. The third kappa shape index (κ3) is 3.66. The molecule has 4 N–H and O–H groups in total. The van der Waals surface area contributed by atoms with E-state index in [2.05, 4.69) is 45.2 Å². The lowest BCUT2D eigenvalue weighted by Gasteiger charge is -2.17. The molecule has 0 amide bonds. The van der Waals surface area contributed by atoms with E-state index in [0.717, 1.165) is 35.4 Å². The van der Waals surface area contributed by atoms with Gasteiger partial charge in [0, 0.05) is 24.7 Å². The van der Waals surface area contributed by atoms with Gasteiger partial charge in [0.25, 0.3) is 0 Å². The molecule has 6 rings (SSSR count). The predicted molar refractivity (Wildman–Crippen MR) is 129 cm³/mol. The van der Waals surface area contributed by atoms with Gasteiger partial charge in [-0.1, -0.05) is 12.1 Å². The average molecular weight is 461 g/mol. The van der Waals surface area contributed by atoms with Crippen molar-refractivity contribution in [2.24, 2.45) is 0 Å². The molecular weight excluding hydrogens is 432 g/mol. The first-order chi connectivity index (χ1) is 16.6. The van der Waals surface area contributed by atoms with Crippen LogP contribution in [0.5, 0.6) is 0 Å². The zero-order valence-corrected chi connectivity index (χ0v) is 18.8. The Balaban J connectivity index is 1.18. The molecule has 3 aromatic heterocycles. The number of nitrogens with zero attached hydrogens (tertiary/aromatic N) is 5. The second-order valence-corrected chi connectivity index (χ2v) is 9.19. The number of hydrogen-bond acceptors (Lipinski definition) is 8. The number of aliphatic hydroxyl groups excluding tert-OH is 2. The summed E-state index contributed by atoms with van der Waals surface area (Å²) in [4.78, 5) is 15.5. The maximum atomic E-state index is 10.7. The van der Waals surface area contributed by atoms with Crippen LogP contribution in [-0.2, 0) is 11.2 Å². The SMILES string of the molecule is Nc1ncnc2c1ccn2[C@@H]1O[C@H](CCc2ccc3ccc(N4CCCC4)nc3c2)[C@@H](O)[C@H]1O. The third-order valence-corrected chi connectivity index (χ3v) is 7.04. The van der Waals surface area contributed by atoms with Crippen molar-refractivity contribution < 1.29 is 14.9 Å². The Hall–Kier alpha value is -3.27. The molecule has 0 radical (unpaired) electrons. The highest BCUT2D eigenvalue weighted by molar-refractivity contribution is 5.86. The standard InChI is InChI=1S/C25H28N6O3/c26-23-17-9-12-31(24(17)28-14-27-23)25-22(33)21(32)19(34-25)7-4-15-3-5-16-6-8-20(29-18(16)13-15)30-10-1-2-11-30/h3,5-6,8-9,12-14,19,21-22,25,32-33H,1-2,4,7,10-11H2,(H2,26,27,28)/t19-,21-,22-,25-/m1/s1. The van der Waals surface area contributed by atoms with Crippen molar-refractivity contribution in [2.45, 2.75) is 50.2 Å². The molecule has 0 aliphatic carbocycles. The Labute approximate surface area is 196 Å². The van der Waals surface area contributed by atoms with Crippen molar-refractivity contribution in [3.63, 3.8) is 0 Å². The van der Waals surface area contributed by atoms with Gasteiger partial charge < -0.3 is 30.2 Å². The maximum Gasteiger partial charge on any atom is 0.164 e. The molecule has 0 spiro atoms. The zero-order valence-electron chi connectivity index (χ0n) is 18.8. The number of fused-ring (bicyclic) bond motifs is 2. The van der Waals surface area contributed by atoms with E-state index in [9.17, 15) is 10.2 Å². The summed E-state index contributed by atoms with van der Waals surface area (Å²) >= 11 is 0. The first-order valence-corrected chi connectivity index (χ1v) is 11.8. The van der Waals surface area contributed by atoms with Crippen molar-refractivity contribution >= 4 is 33.6 Å². The highest BCUT2D eigenvalue weighted by Gasteiger charge is 2.43. The highest BCUT2D eigenvalue weighted by Crippen LogP contribution is 2.34. The van der Waals surface area contributed by atoms with Gasteiger partial charge in [-0.3, -0.25) is 0 Å². The molecule has 2 saturated heterocycles. The number of rotatable bonds is 5. The second kappa shape index (κ2) is 8.50. The summed E-state index contributed by atoms with van der Waals surface area (Å²) in [6, 6.07) is 12.3. The number of pyridine rings is 1. The molecular formula is C25H28N6O3. The van der Waals surface area contributed by atoms with Crippen molar-refractivity contribution in [1.29, 1.82) is 0 Å². The Kier molecular flexibility index (Phi) is 5.32. The fourth-order valence-electron chi connectivity index (χ4n) is 5.13. The highest BCUT2D eigenvalue weighted by atomic mass is 16.6. The lowest BCUT2D eigenvalue weighted by Crippen LogP contribution is -2.31. The van der Waals surface area contributed by atoms with Gasteiger partial charge in [0.15, 0.2) is 6.23 Å². The smallest absolute Gasteiger partial charge is 0.164 e. The van der Waals surface area contributed by atoms with E-state index in [1.807, 2.05) is 0 Å². The van der Waals surface area contributed by atoms with Gasteiger partial charge in [0.1, 0.15) is 35.8 Å².